The quantitative estimate of drug-likeness (QED) is 0.790. The van der Waals surface area contributed by atoms with Crippen LogP contribution in [0.1, 0.15) is 25.7 Å². The van der Waals surface area contributed by atoms with Crippen LogP contribution in [0, 0.1) is 5.92 Å². The minimum atomic E-state index is -0.924. The van der Waals surface area contributed by atoms with E-state index in [0.29, 0.717) is 5.92 Å². The molecule has 7 heteroatoms. The average molecular weight is 329 g/mol. The first-order chi connectivity index (χ1) is 9.13. The summed E-state index contributed by atoms with van der Waals surface area (Å²) in [6.45, 7) is 0.857. The molecule has 2 rings (SSSR count). The summed E-state index contributed by atoms with van der Waals surface area (Å²) in [6.07, 6.45) is 6.31. The van der Waals surface area contributed by atoms with Gasteiger partial charge >= 0.3 is 6.09 Å². The first-order valence-corrected chi connectivity index (χ1v) is 7.13. The molecule has 104 valence electrons. The minimum absolute atomic E-state index is 0.112. The summed E-state index contributed by atoms with van der Waals surface area (Å²) in [5.74, 6) is 1.34. The molecule has 1 aromatic heterocycles. The third-order valence-corrected chi connectivity index (χ3v) is 3.78. The Labute approximate surface area is 120 Å². The summed E-state index contributed by atoms with van der Waals surface area (Å²) in [5.41, 5.74) is 0. The lowest BCUT2D eigenvalue weighted by atomic mass is 9.86. The van der Waals surface area contributed by atoms with Crippen LogP contribution in [0.25, 0.3) is 0 Å². The first-order valence-electron chi connectivity index (χ1n) is 6.34. The molecule has 1 aliphatic rings. The van der Waals surface area contributed by atoms with Gasteiger partial charge in [0.15, 0.2) is 0 Å². The van der Waals surface area contributed by atoms with Crippen LogP contribution in [0.3, 0.4) is 0 Å². The zero-order chi connectivity index (χ0) is 13.7. The van der Waals surface area contributed by atoms with Gasteiger partial charge in [-0.05, 0) is 47.5 Å². The fourth-order valence-corrected chi connectivity index (χ4v) is 2.54. The Morgan fingerprint density at radius 1 is 1.32 bits per heavy atom. The number of hydrogen-bond acceptors (Lipinski definition) is 4. The van der Waals surface area contributed by atoms with Crippen molar-refractivity contribution in [3.05, 3.63) is 17.0 Å². The molecule has 6 nitrogen and oxygen atoms in total. The lowest BCUT2D eigenvalue weighted by Gasteiger charge is -2.28. The number of nitrogens with zero attached hydrogens (tertiary/aromatic N) is 2. The normalized spacial score (nSPS) is 22.8. The summed E-state index contributed by atoms with van der Waals surface area (Å²) < 4.78 is 0.721. The smallest absolute Gasteiger partial charge is 0.404 e. The predicted octanol–water partition coefficient (Wildman–Crippen LogP) is 2.48. The van der Waals surface area contributed by atoms with E-state index in [4.69, 9.17) is 5.11 Å². The monoisotopic (exact) mass is 328 g/mol. The summed E-state index contributed by atoms with van der Waals surface area (Å²) in [5, 5.41) is 14.5. The maximum Gasteiger partial charge on any atom is 0.404 e. The van der Waals surface area contributed by atoms with Crippen LogP contribution in [0.2, 0.25) is 0 Å². The van der Waals surface area contributed by atoms with E-state index in [1.165, 1.54) is 0 Å². The second-order valence-electron chi connectivity index (χ2n) is 4.77. The highest BCUT2D eigenvalue weighted by atomic mass is 79.9. The van der Waals surface area contributed by atoms with Crippen LogP contribution >= 0.6 is 15.9 Å². The highest BCUT2D eigenvalue weighted by Crippen LogP contribution is 2.24. The molecule has 1 saturated carbocycles. The van der Waals surface area contributed by atoms with Gasteiger partial charge in [-0.3, -0.25) is 0 Å². The number of halogens is 1. The SMILES string of the molecule is O=C(O)NC1CCC(CNc2cnc(Br)cn2)CC1. The van der Waals surface area contributed by atoms with Crippen molar-refractivity contribution >= 4 is 27.8 Å². The Balaban J connectivity index is 1.71. The summed E-state index contributed by atoms with van der Waals surface area (Å²) in [6, 6.07) is 0.112. The number of anilines is 1. The molecule has 3 N–H and O–H groups in total. The molecule has 0 atom stereocenters. The molecule has 0 saturated heterocycles. The number of aromatic nitrogens is 2. The topological polar surface area (TPSA) is 87.1 Å². The molecular weight excluding hydrogens is 312 g/mol. The van der Waals surface area contributed by atoms with Gasteiger partial charge < -0.3 is 15.7 Å². The van der Waals surface area contributed by atoms with Crippen molar-refractivity contribution in [2.75, 3.05) is 11.9 Å². The Morgan fingerprint density at radius 3 is 2.63 bits per heavy atom. The van der Waals surface area contributed by atoms with Crippen molar-refractivity contribution in [1.82, 2.24) is 15.3 Å². The van der Waals surface area contributed by atoms with E-state index in [2.05, 4.69) is 36.5 Å². The highest BCUT2D eigenvalue weighted by molar-refractivity contribution is 9.10. The fraction of sp³-hybridized carbons (Fsp3) is 0.583. The number of carbonyl (C=O) groups is 1. The Hall–Kier alpha value is -1.37. The van der Waals surface area contributed by atoms with Gasteiger partial charge in [0, 0.05) is 12.6 Å². The molecule has 19 heavy (non-hydrogen) atoms. The van der Waals surface area contributed by atoms with Gasteiger partial charge in [0.1, 0.15) is 10.4 Å². The Bertz CT molecular complexity index is 418. The van der Waals surface area contributed by atoms with Crippen LogP contribution in [0.4, 0.5) is 10.6 Å². The molecule has 0 radical (unpaired) electrons. The largest absolute Gasteiger partial charge is 0.465 e. The highest BCUT2D eigenvalue weighted by Gasteiger charge is 2.22. The van der Waals surface area contributed by atoms with Crippen molar-refractivity contribution < 1.29 is 9.90 Å². The lowest BCUT2D eigenvalue weighted by molar-refractivity contribution is 0.183. The number of hydrogen-bond donors (Lipinski definition) is 3. The van der Waals surface area contributed by atoms with Crippen molar-refractivity contribution in [3.8, 4) is 0 Å². The molecule has 1 aromatic rings. The zero-order valence-electron chi connectivity index (χ0n) is 10.5. The maximum absolute atomic E-state index is 10.5. The predicted molar refractivity (Wildman–Crippen MR) is 75.1 cm³/mol. The number of rotatable bonds is 4. The van der Waals surface area contributed by atoms with Crippen molar-refractivity contribution in [2.45, 2.75) is 31.7 Å². The summed E-state index contributed by atoms with van der Waals surface area (Å²) >= 11 is 3.24. The van der Waals surface area contributed by atoms with Gasteiger partial charge in [-0.1, -0.05) is 0 Å². The summed E-state index contributed by atoms with van der Waals surface area (Å²) in [7, 11) is 0. The molecule has 1 heterocycles. The third-order valence-electron chi connectivity index (χ3n) is 3.37. The van der Waals surface area contributed by atoms with E-state index in [0.717, 1.165) is 42.6 Å². The van der Waals surface area contributed by atoms with Crippen LogP contribution < -0.4 is 10.6 Å². The van der Waals surface area contributed by atoms with Gasteiger partial charge in [-0.15, -0.1) is 0 Å². The maximum atomic E-state index is 10.5. The van der Waals surface area contributed by atoms with E-state index in [-0.39, 0.29) is 6.04 Å². The van der Waals surface area contributed by atoms with E-state index in [1.807, 2.05) is 0 Å². The van der Waals surface area contributed by atoms with Crippen LogP contribution in [0.15, 0.2) is 17.0 Å². The second-order valence-corrected chi connectivity index (χ2v) is 5.58. The molecule has 1 aliphatic carbocycles. The molecule has 0 aliphatic heterocycles. The van der Waals surface area contributed by atoms with Gasteiger partial charge in [0.25, 0.3) is 0 Å². The number of carboxylic acid groups (broad SMARTS) is 1. The third kappa shape index (κ3) is 4.66. The lowest BCUT2D eigenvalue weighted by Crippen LogP contribution is -2.37. The van der Waals surface area contributed by atoms with Crippen molar-refractivity contribution in [3.63, 3.8) is 0 Å². The second kappa shape index (κ2) is 6.70. The van der Waals surface area contributed by atoms with Gasteiger partial charge in [0.2, 0.25) is 0 Å². The average Bonchev–Trinajstić information content (AvgIpc) is 2.39. The molecule has 1 fully saturated rings. The van der Waals surface area contributed by atoms with E-state index in [1.54, 1.807) is 12.4 Å². The van der Waals surface area contributed by atoms with Crippen LogP contribution in [0.5, 0.6) is 0 Å². The molecule has 0 spiro atoms. The van der Waals surface area contributed by atoms with Crippen LogP contribution in [-0.4, -0.2) is 33.8 Å². The van der Waals surface area contributed by atoms with Crippen molar-refractivity contribution in [1.29, 1.82) is 0 Å². The zero-order valence-corrected chi connectivity index (χ0v) is 12.1. The molecule has 1 amide bonds. The Kier molecular flexibility index (Phi) is 4.95. The molecular formula is C12H17BrN4O2. The van der Waals surface area contributed by atoms with Gasteiger partial charge in [-0.2, -0.15) is 0 Å². The fourth-order valence-electron chi connectivity index (χ4n) is 2.34. The molecule has 0 aromatic carbocycles. The summed E-state index contributed by atoms with van der Waals surface area (Å²) in [4.78, 5) is 18.9. The molecule has 0 bridgehead atoms. The van der Waals surface area contributed by atoms with E-state index < -0.39 is 6.09 Å². The Morgan fingerprint density at radius 2 is 2.05 bits per heavy atom. The minimum Gasteiger partial charge on any atom is -0.465 e. The van der Waals surface area contributed by atoms with Crippen LogP contribution in [-0.2, 0) is 0 Å². The van der Waals surface area contributed by atoms with Gasteiger partial charge in [0.05, 0.1) is 12.4 Å². The van der Waals surface area contributed by atoms with Crippen molar-refractivity contribution in [2.24, 2.45) is 5.92 Å². The standard InChI is InChI=1S/C12H17BrN4O2/c13-10-6-16-11(7-14-10)15-5-8-1-3-9(4-2-8)17-12(18)19/h6-9,17H,1-5H2,(H,15,16)(H,18,19). The number of amides is 1. The first kappa shape index (κ1) is 14.0. The van der Waals surface area contributed by atoms with Gasteiger partial charge in [-0.25, -0.2) is 14.8 Å². The van der Waals surface area contributed by atoms with E-state index >= 15 is 0 Å². The number of nitrogens with one attached hydrogen (secondary N) is 2. The van der Waals surface area contributed by atoms with E-state index in [9.17, 15) is 4.79 Å². The molecule has 0 unspecified atom stereocenters.